The van der Waals surface area contributed by atoms with Crippen molar-refractivity contribution in [1.29, 1.82) is 0 Å². The Morgan fingerprint density at radius 1 is 1.33 bits per heavy atom. The number of carboxylic acids is 1. The highest BCUT2D eigenvalue weighted by Gasteiger charge is 2.42. The van der Waals surface area contributed by atoms with Crippen molar-refractivity contribution < 1.29 is 23.1 Å². The highest BCUT2D eigenvalue weighted by molar-refractivity contribution is 7.91. The van der Waals surface area contributed by atoms with Crippen LogP contribution in [0, 0.1) is 11.3 Å². The molecule has 0 saturated carbocycles. The lowest BCUT2D eigenvalue weighted by molar-refractivity contribution is -0.139. The van der Waals surface area contributed by atoms with Crippen LogP contribution in [0.5, 0.6) is 0 Å². The van der Waals surface area contributed by atoms with Gasteiger partial charge in [-0.15, -0.1) is 0 Å². The van der Waals surface area contributed by atoms with Crippen LogP contribution in [0.25, 0.3) is 0 Å². The first-order valence-corrected chi connectivity index (χ1v) is 9.55. The van der Waals surface area contributed by atoms with E-state index in [0.717, 1.165) is 0 Å². The molecule has 24 heavy (non-hydrogen) atoms. The van der Waals surface area contributed by atoms with E-state index in [4.69, 9.17) is 16.7 Å². The van der Waals surface area contributed by atoms with Gasteiger partial charge in [0.15, 0.2) is 9.84 Å². The fourth-order valence-electron chi connectivity index (χ4n) is 3.00. The molecule has 0 spiro atoms. The van der Waals surface area contributed by atoms with Gasteiger partial charge in [-0.05, 0) is 18.6 Å². The standard InChI is InChI=1S/C16H20ClNO5S/c1-16(2,14(19)10-7-12(15(20)21)18-8-10)9-24(22,23)13-6-4-3-5-11(13)17/h3-6,10,12,18H,7-9H2,1-2H3,(H,20,21)/t10-,12+/m1/s1. The predicted octanol–water partition coefficient (Wildman–Crippen LogP) is 1.77. The van der Waals surface area contributed by atoms with Gasteiger partial charge in [0.2, 0.25) is 0 Å². The van der Waals surface area contributed by atoms with Crippen molar-refractivity contribution in [3.05, 3.63) is 29.3 Å². The molecule has 1 aromatic carbocycles. The van der Waals surface area contributed by atoms with Crippen LogP contribution in [0.2, 0.25) is 5.02 Å². The average Bonchev–Trinajstić information content (AvgIpc) is 2.95. The van der Waals surface area contributed by atoms with E-state index in [2.05, 4.69) is 5.32 Å². The van der Waals surface area contributed by atoms with Crippen molar-refractivity contribution in [2.75, 3.05) is 12.3 Å². The Morgan fingerprint density at radius 2 is 1.96 bits per heavy atom. The minimum absolute atomic E-state index is 0.000464. The summed E-state index contributed by atoms with van der Waals surface area (Å²) in [6, 6.07) is 5.34. The summed E-state index contributed by atoms with van der Waals surface area (Å²) < 4.78 is 25.2. The summed E-state index contributed by atoms with van der Waals surface area (Å²) in [6.07, 6.45) is 0.170. The number of halogens is 1. The normalized spacial score (nSPS) is 21.6. The van der Waals surface area contributed by atoms with Crippen LogP contribution in [0.1, 0.15) is 20.3 Å². The SMILES string of the molecule is CC(C)(CS(=O)(=O)c1ccccc1Cl)C(=O)[C@H]1CN[C@H](C(=O)O)C1. The third kappa shape index (κ3) is 3.96. The van der Waals surface area contributed by atoms with Gasteiger partial charge < -0.3 is 10.4 Å². The van der Waals surface area contributed by atoms with Crippen LogP contribution in [0.3, 0.4) is 0 Å². The Kier molecular flexibility index (Phi) is 5.37. The molecule has 0 aromatic heterocycles. The summed E-state index contributed by atoms with van der Waals surface area (Å²) in [4.78, 5) is 23.7. The fourth-order valence-corrected chi connectivity index (χ4v) is 5.38. The number of aliphatic carboxylic acids is 1. The van der Waals surface area contributed by atoms with E-state index in [-0.39, 0.29) is 34.4 Å². The van der Waals surface area contributed by atoms with Gasteiger partial charge in [-0.1, -0.05) is 37.6 Å². The van der Waals surface area contributed by atoms with Crippen LogP contribution in [0.15, 0.2) is 29.2 Å². The van der Waals surface area contributed by atoms with Crippen molar-refractivity contribution in [2.45, 2.75) is 31.2 Å². The van der Waals surface area contributed by atoms with Crippen LogP contribution >= 0.6 is 11.6 Å². The quantitative estimate of drug-likeness (QED) is 0.788. The molecule has 2 rings (SSSR count). The van der Waals surface area contributed by atoms with Crippen molar-refractivity contribution in [2.24, 2.45) is 11.3 Å². The van der Waals surface area contributed by atoms with Crippen molar-refractivity contribution in [1.82, 2.24) is 5.32 Å². The zero-order chi connectivity index (χ0) is 18.1. The predicted molar refractivity (Wildman–Crippen MR) is 89.8 cm³/mol. The van der Waals surface area contributed by atoms with E-state index < -0.39 is 33.2 Å². The Hall–Kier alpha value is -1.44. The minimum atomic E-state index is -3.74. The number of carboxylic acid groups (broad SMARTS) is 1. The lowest BCUT2D eigenvalue weighted by Crippen LogP contribution is -2.37. The van der Waals surface area contributed by atoms with Gasteiger partial charge in [0.25, 0.3) is 0 Å². The van der Waals surface area contributed by atoms with Gasteiger partial charge in [-0.3, -0.25) is 9.59 Å². The number of sulfone groups is 1. The topological polar surface area (TPSA) is 101 Å². The number of rotatable bonds is 6. The number of ketones is 1. The molecule has 1 aliphatic rings. The van der Waals surface area contributed by atoms with Crippen LogP contribution in [-0.2, 0) is 19.4 Å². The molecule has 2 N–H and O–H groups in total. The van der Waals surface area contributed by atoms with Gasteiger partial charge in [0, 0.05) is 17.9 Å². The van der Waals surface area contributed by atoms with Gasteiger partial charge in [-0.2, -0.15) is 0 Å². The Labute approximate surface area is 146 Å². The number of Topliss-reactive ketones (excluding diaryl/α,β-unsaturated/α-hetero) is 1. The highest BCUT2D eigenvalue weighted by atomic mass is 35.5. The van der Waals surface area contributed by atoms with Gasteiger partial charge in [0.1, 0.15) is 11.8 Å². The maximum absolute atomic E-state index is 12.7. The summed E-state index contributed by atoms with van der Waals surface area (Å²) in [7, 11) is -3.74. The molecule has 1 fully saturated rings. The molecule has 0 amide bonds. The number of nitrogens with one attached hydrogen (secondary N) is 1. The van der Waals surface area contributed by atoms with Crippen LogP contribution in [-0.4, -0.2) is 43.6 Å². The van der Waals surface area contributed by atoms with Gasteiger partial charge >= 0.3 is 5.97 Å². The van der Waals surface area contributed by atoms with Crippen molar-refractivity contribution >= 4 is 33.2 Å². The molecule has 1 saturated heterocycles. The molecule has 0 unspecified atom stereocenters. The summed E-state index contributed by atoms with van der Waals surface area (Å²) in [5.74, 6) is -2.15. The Morgan fingerprint density at radius 3 is 2.50 bits per heavy atom. The molecule has 132 valence electrons. The van der Waals surface area contributed by atoms with Crippen molar-refractivity contribution in [3.63, 3.8) is 0 Å². The number of hydrogen-bond donors (Lipinski definition) is 2. The molecule has 1 heterocycles. The maximum atomic E-state index is 12.7. The lowest BCUT2D eigenvalue weighted by atomic mass is 9.82. The second-order valence-corrected chi connectivity index (χ2v) is 9.03. The van der Waals surface area contributed by atoms with E-state index in [1.165, 1.54) is 12.1 Å². The third-order valence-electron chi connectivity index (χ3n) is 4.19. The van der Waals surface area contributed by atoms with E-state index >= 15 is 0 Å². The molecule has 0 aliphatic carbocycles. The van der Waals surface area contributed by atoms with E-state index in [1.54, 1.807) is 26.0 Å². The van der Waals surface area contributed by atoms with Gasteiger partial charge in [-0.25, -0.2) is 8.42 Å². The molecule has 2 atom stereocenters. The first-order valence-electron chi connectivity index (χ1n) is 7.52. The van der Waals surface area contributed by atoms with Crippen LogP contribution < -0.4 is 5.32 Å². The van der Waals surface area contributed by atoms with Gasteiger partial charge in [0.05, 0.1) is 15.7 Å². The fraction of sp³-hybridized carbons (Fsp3) is 0.500. The lowest BCUT2D eigenvalue weighted by Gasteiger charge is -2.26. The minimum Gasteiger partial charge on any atom is -0.480 e. The average molecular weight is 374 g/mol. The largest absolute Gasteiger partial charge is 0.480 e. The van der Waals surface area contributed by atoms with E-state index in [0.29, 0.717) is 0 Å². The molecule has 1 aromatic rings. The second-order valence-electron chi connectivity index (χ2n) is 6.67. The smallest absolute Gasteiger partial charge is 0.320 e. The first kappa shape index (κ1) is 18.9. The van der Waals surface area contributed by atoms with E-state index in [9.17, 15) is 18.0 Å². The monoisotopic (exact) mass is 373 g/mol. The molecular formula is C16H20ClNO5S. The maximum Gasteiger partial charge on any atom is 0.320 e. The van der Waals surface area contributed by atoms with Crippen molar-refractivity contribution in [3.8, 4) is 0 Å². The molecule has 0 radical (unpaired) electrons. The number of hydrogen-bond acceptors (Lipinski definition) is 5. The highest BCUT2D eigenvalue weighted by Crippen LogP contribution is 2.32. The summed E-state index contributed by atoms with van der Waals surface area (Å²) >= 11 is 5.96. The molecule has 8 heteroatoms. The number of benzene rings is 1. The molecule has 1 aliphatic heterocycles. The molecule has 6 nitrogen and oxygen atoms in total. The zero-order valence-corrected chi connectivity index (χ0v) is 15.0. The number of carbonyl (C=O) groups is 2. The third-order valence-corrected chi connectivity index (χ3v) is 6.76. The molecular weight excluding hydrogens is 354 g/mol. The Balaban J connectivity index is 2.17. The molecule has 0 bridgehead atoms. The summed E-state index contributed by atoms with van der Waals surface area (Å²) in [5.41, 5.74) is -1.14. The van der Waals surface area contributed by atoms with E-state index in [1.807, 2.05) is 0 Å². The summed E-state index contributed by atoms with van der Waals surface area (Å²) in [6.45, 7) is 3.38. The number of carbonyl (C=O) groups excluding carboxylic acids is 1. The zero-order valence-electron chi connectivity index (χ0n) is 13.5. The summed E-state index contributed by atoms with van der Waals surface area (Å²) in [5, 5.41) is 11.9. The first-order chi connectivity index (χ1) is 11.0. The van der Waals surface area contributed by atoms with Crippen LogP contribution in [0.4, 0.5) is 0 Å². The second kappa shape index (κ2) is 6.82. The Bertz CT molecular complexity index is 759.